The lowest BCUT2D eigenvalue weighted by molar-refractivity contribution is -0.155. The van der Waals surface area contributed by atoms with Crippen LogP contribution in [0.4, 0.5) is 4.79 Å². The van der Waals surface area contributed by atoms with E-state index < -0.39 is 12.1 Å². The average Bonchev–Trinajstić information content (AvgIpc) is 2.97. The van der Waals surface area contributed by atoms with Gasteiger partial charge in [0.1, 0.15) is 6.54 Å². The van der Waals surface area contributed by atoms with Gasteiger partial charge in [-0.25, -0.2) is 0 Å². The third-order valence-electron chi connectivity index (χ3n) is 3.79. The molecule has 1 aliphatic rings. The Hall–Kier alpha value is -2.02. The van der Waals surface area contributed by atoms with E-state index in [1.807, 2.05) is 37.3 Å². The van der Waals surface area contributed by atoms with E-state index in [1.54, 1.807) is 0 Å². The maximum atomic E-state index is 12.0. The maximum absolute atomic E-state index is 12.0. The minimum atomic E-state index is -0.883. The first-order valence-corrected chi connectivity index (χ1v) is 8.89. The Morgan fingerprint density at radius 1 is 1.29 bits per heavy atom. The van der Waals surface area contributed by atoms with Crippen molar-refractivity contribution in [1.29, 1.82) is 0 Å². The van der Waals surface area contributed by atoms with Gasteiger partial charge >= 0.3 is 5.97 Å². The molecule has 1 N–H and O–H groups in total. The zero-order valence-corrected chi connectivity index (χ0v) is 14.7. The molecule has 2 atom stereocenters. The van der Waals surface area contributed by atoms with E-state index in [4.69, 9.17) is 4.74 Å². The van der Waals surface area contributed by atoms with Crippen molar-refractivity contribution >= 4 is 28.9 Å². The van der Waals surface area contributed by atoms with Crippen LogP contribution in [0.1, 0.15) is 25.3 Å². The minimum Gasteiger partial charge on any atom is -0.451 e. The smallest absolute Gasteiger partial charge is 0.326 e. The number of hydrogen-bond donors (Lipinski definition) is 1. The zero-order chi connectivity index (χ0) is 17.5. The van der Waals surface area contributed by atoms with Gasteiger partial charge in [0.15, 0.2) is 6.10 Å². The summed E-state index contributed by atoms with van der Waals surface area (Å²) in [5.41, 5.74) is 1.13. The van der Waals surface area contributed by atoms with Gasteiger partial charge in [0, 0.05) is 18.8 Å². The third kappa shape index (κ3) is 5.26. The van der Waals surface area contributed by atoms with E-state index >= 15 is 0 Å². The predicted octanol–water partition coefficient (Wildman–Crippen LogP) is 2.01. The van der Waals surface area contributed by atoms with Crippen molar-refractivity contribution < 1.29 is 19.1 Å². The number of esters is 1. The molecule has 0 saturated carbocycles. The normalized spacial score (nSPS) is 16.6. The summed E-state index contributed by atoms with van der Waals surface area (Å²) < 4.78 is 5.11. The molecule has 1 aromatic rings. The van der Waals surface area contributed by atoms with Crippen LogP contribution < -0.4 is 5.32 Å². The molecular formula is C17H22N2O4S. The molecule has 0 radical (unpaired) electrons. The van der Waals surface area contributed by atoms with Crippen LogP contribution in [0.25, 0.3) is 0 Å². The van der Waals surface area contributed by atoms with Crippen LogP contribution >= 0.6 is 11.8 Å². The number of carbonyl (C=O) groups excluding carboxylic acids is 3. The van der Waals surface area contributed by atoms with Crippen LogP contribution in [0, 0.1) is 0 Å². The Morgan fingerprint density at radius 2 is 2.00 bits per heavy atom. The second-order valence-electron chi connectivity index (χ2n) is 5.72. The average molecular weight is 350 g/mol. The van der Waals surface area contributed by atoms with E-state index in [0.717, 1.165) is 5.56 Å². The van der Waals surface area contributed by atoms with Crippen molar-refractivity contribution in [2.24, 2.45) is 0 Å². The van der Waals surface area contributed by atoms with Gasteiger partial charge in [-0.2, -0.15) is 0 Å². The van der Waals surface area contributed by atoms with E-state index in [0.29, 0.717) is 18.8 Å². The molecule has 0 aromatic heterocycles. The number of nitrogens with zero attached hydrogens (tertiary/aromatic N) is 1. The number of ether oxygens (including phenoxy) is 1. The van der Waals surface area contributed by atoms with Gasteiger partial charge in [-0.3, -0.25) is 14.4 Å². The number of carbonyl (C=O) groups is 3. The molecule has 2 amide bonds. The lowest BCUT2D eigenvalue weighted by atomic mass is 10.0. The van der Waals surface area contributed by atoms with E-state index in [2.05, 4.69) is 5.32 Å². The summed E-state index contributed by atoms with van der Waals surface area (Å²) >= 11 is 1.18. The molecule has 0 aliphatic carbocycles. The Morgan fingerprint density at radius 3 is 2.62 bits per heavy atom. The summed E-state index contributed by atoms with van der Waals surface area (Å²) in [4.78, 5) is 36.7. The highest BCUT2D eigenvalue weighted by Crippen LogP contribution is 2.17. The van der Waals surface area contributed by atoms with Crippen molar-refractivity contribution in [3.05, 3.63) is 35.9 Å². The van der Waals surface area contributed by atoms with Gasteiger partial charge in [0.05, 0.1) is 0 Å². The van der Waals surface area contributed by atoms with Gasteiger partial charge in [0.25, 0.3) is 11.1 Å². The first-order chi connectivity index (χ1) is 11.5. The van der Waals surface area contributed by atoms with E-state index in [1.165, 1.54) is 23.6 Å². The molecule has 1 fully saturated rings. The molecule has 1 aromatic carbocycles. The fourth-order valence-electron chi connectivity index (χ4n) is 2.31. The fraction of sp³-hybridized carbons (Fsp3) is 0.471. The summed E-state index contributed by atoms with van der Waals surface area (Å²) in [6, 6.07) is 9.86. The molecule has 1 aliphatic heterocycles. The molecule has 1 heterocycles. The maximum Gasteiger partial charge on any atom is 0.326 e. The van der Waals surface area contributed by atoms with Gasteiger partial charge in [-0.1, -0.05) is 49.0 Å². The lowest BCUT2D eigenvalue weighted by Crippen LogP contribution is -2.40. The highest BCUT2D eigenvalue weighted by Gasteiger charge is 2.26. The predicted molar refractivity (Wildman–Crippen MR) is 92.8 cm³/mol. The largest absolute Gasteiger partial charge is 0.451 e. The highest BCUT2D eigenvalue weighted by atomic mass is 32.2. The molecule has 0 unspecified atom stereocenters. The van der Waals surface area contributed by atoms with Crippen molar-refractivity contribution in [2.75, 3.05) is 25.4 Å². The van der Waals surface area contributed by atoms with Crippen molar-refractivity contribution in [2.45, 2.75) is 25.9 Å². The quantitative estimate of drug-likeness (QED) is 0.761. The van der Waals surface area contributed by atoms with Gasteiger partial charge < -0.3 is 15.0 Å². The summed E-state index contributed by atoms with van der Waals surface area (Å²) in [5, 5.41) is 2.66. The second-order valence-corrected chi connectivity index (χ2v) is 6.77. The monoisotopic (exact) mass is 350 g/mol. The SMILES string of the molecule is C[C@H](OC(=O)CN1CCSC1=O)C(=O)NC[C@@H](C)c1ccccc1. The van der Waals surface area contributed by atoms with Gasteiger partial charge in [0.2, 0.25) is 0 Å². The number of thioether (sulfide) groups is 1. The number of rotatable bonds is 7. The number of benzene rings is 1. The molecule has 7 heteroatoms. The van der Waals surface area contributed by atoms with Crippen LogP contribution in [0.3, 0.4) is 0 Å². The third-order valence-corrected chi connectivity index (χ3v) is 4.69. The number of nitrogens with one attached hydrogen (secondary N) is 1. The highest BCUT2D eigenvalue weighted by molar-refractivity contribution is 8.13. The molecule has 2 rings (SSSR count). The van der Waals surface area contributed by atoms with Crippen molar-refractivity contribution in [3.63, 3.8) is 0 Å². The summed E-state index contributed by atoms with van der Waals surface area (Å²) in [5.74, 6) is -0.0605. The van der Waals surface area contributed by atoms with Gasteiger partial charge in [-0.15, -0.1) is 0 Å². The first kappa shape index (κ1) is 18.3. The fourth-order valence-corrected chi connectivity index (χ4v) is 3.13. The summed E-state index contributed by atoms with van der Waals surface area (Å²) in [6.07, 6.45) is -0.883. The first-order valence-electron chi connectivity index (χ1n) is 7.91. The van der Waals surface area contributed by atoms with E-state index in [9.17, 15) is 14.4 Å². The minimum absolute atomic E-state index is 0.107. The lowest BCUT2D eigenvalue weighted by Gasteiger charge is -2.18. The van der Waals surface area contributed by atoms with E-state index in [-0.39, 0.29) is 23.6 Å². The van der Waals surface area contributed by atoms with Crippen LogP contribution in [0.15, 0.2) is 30.3 Å². The zero-order valence-electron chi connectivity index (χ0n) is 13.9. The Balaban J connectivity index is 1.73. The topological polar surface area (TPSA) is 75.7 Å². The number of hydrogen-bond acceptors (Lipinski definition) is 5. The number of amides is 2. The van der Waals surface area contributed by atoms with Crippen LogP contribution in [-0.4, -0.2) is 53.5 Å². The molecule has 24 heavy (non-hydrogen) atoms. The molecule has 0 spiro atoms. The molecular weight excluding hydrogens is 328 g/mol. The molecule has 0 bridgehead atoms. The Kier molecular flexibility index (Phi) is 6.66. The molecule has 130 valence electrons. The summed E-state index contributed by atoms with van der Waals surface area (Å²) in [7, 11) is 0. The second kappa shape index (κ2) is 8.73. The molecule has 1 saturated heterocycles. The standard InChI is InChI=1S/C17H22N2O4S/c1-12(14-6-4-3-5-7-14)10-18-16(21)13(2)23-15(20)11-19-8-9-24-17(19)22/h3-7,12-13H,8-11H2,1-2H3,(H,18,21)/t12-,13+/m1/s1. The van der Waals surface area contributed by atoms with Crippen molar-refractivity contribution in [3.8, 4) is 0 Å². The molecule has 6 nitrogen and oxygen atoms in total. The Labute approximate surface area is 145 Å². The van der Waals surface area contributed by atoms with Crippen LogP contribution in [0.5, 0.6) is 0 Å². The Bertz CT molecular complexity index is 594. The van der Waals surface area contributed by atoms with Crippen LogP contribution in [-0.2, 0) is 14.3 Å². The summed E-state index contributed by atoms with van der Waals surface area (Å²) in [6.45, 7) is 4.44. The van der Waals surface area contributed by atoms with Crippen molar-refractivity contribution in [1.82, 2.24) is 10.2 Å². The van der Waals surface area contributed by atoms with Gasteiger partial charge in [-0.05, 0) is 18.4 Å². The van der Waals surface area contributed by atoms with Crippen LogP contribution in [0.2, 0.25) is 0 Å².